The third-order valence-corrected chi connectivity index (χ3v) is 8.19. The van der Waals surface area contributed by atoms with Gasteiger partial charge in [-0.2, -0.15) is 13.2 Å². The molecular weight excluding hydrogens is 624 g/mol. The molecule has 1 saturated carbocycles. The molecule has 3 atom stereocenters. The maximum atomic E-state index is 14.1. The van der Waals surface area contributed by atoms with Crippen LogP contribution in [0.15, 0.2) is 42.7 Å². The van der Waals surface area contributed by atoms with E-state index < -0.39 is 17.5 Å². The summed E-state index contributed by atoms with van der Waals surface area (Å²) in [4.78, 5) is 20.5. The molecule has 5 rings (SSSR count). The summed E-state index contributed by atoms with van der Waals surface area (Å²) >= 11 is 0. The number of carbonyl (C=O) groups is 1. The number of carbonyl (C=O) groups excluding carboxylic acids is 1. The molecule has 10 nitrogen and oxygen atoms in total. The van der Waals surface area contributed by atoms with Crippen molar-refractivity contribution in [2.45, 2.75) is 56.0 Å². The van der Waals surface area contributed by atoms with Crippen LogP contribution in [-0.4, -0.2) is 86.8 Å². The minimum atomic E-state index is -4.53. The first kappa shape index (κ1) is 35.6. The fourth-order valence-electron chi connectivity index (χ4n) is 6.15. The minimum Gasteiger partial charge on any atom is -0.477 e. The van der Waals surface area contributed by atoms with E-state index >= 15 is 0 Å². The van der Waals surface area contributed by atoms with E-state index in [4.69, 9.17) is 9.47 Å². The lowest BCUT2D eigenvalue weighted by atomic mass is 9.80. The molecule has 0 spiro atoms. The third-order valence-electron chi connectivity index (χ3n) is 8.19. The van der Waals surface area contributed by atoms with Gasteiger partial charge in [-0.1, -0.05) is 43.2 Å². The van der Waals surface area contributed by atoms with E-state index in [0.29, 0.717) is 43.9 Å². The Hall–Kier alpha value is -2.84. The number of ether oxygens (including phenoxy) is 2. The van der Waals surface area contributed by atoms with Crippen LogP contribution in [-0.2, 0) is 18.0 Å². The summed E-state index contributed by atoms with van der Waals surface area (Å²) in [5.41, 5.74) is -0.241. The van der Waals surface area contributed by atoms with E-state index in [2.05, 4.69) is 15.4 Å². The van der Waals surface area contributed by atoms with Crippen molar-refractivity contribution >= 4 is 30.7 Å². The first-order chi connectivity index (χ1) is 20.1. The predicted molar refractivity (Wildman–Crippen MR) is 163 cm³/mol. The number of hydrogen-bond acceptors (Lipinski definition) is 7. The highest BCUT2D eigenvalue weighted by Gasteiger charge is 2.42. The second kappa shape index (κ2) is 15.0. The molecule has 0 bridgehead atoms. The van der Waals surface area contributed by atoms with Gasteiger partial charge < -0.3 is 29.4 Å². The van der Waals surface area contributed by atoms with Gasteiger partial charge in [-0.25, -0.2) is 4.98 Å². The number of imidazole rings is 1. The molecule has 2 aromatic heterocycles. The topological polar surface area (TPSA) is 107 Å². The van der Waals surface area contributed by atoms with Gasteiger partial charge >= 0.3 is 6.18 Å². The van der Waals surface area contributed by atoms with Gasteiger partial charge in [-0.15, -0.1) is 29.9 Å². The highest BCUT2D eigenvalue weighted by atomic mass is 35.5. The number of aliphatic hydroxyl groups is 1. The van der Waals surface area contributed by atoms with E-state index in [1.165, 1.54) is 7.05 Å². The number of amides is 1. The largest absolute Gasteiger partial charge is 0.477 e. The highest BCUT2D eigenvalue weighted by Crippen LogP contribution is 2.41. The summed E-state index contributed by atoms with van der Waals surface area (Å²) in [7, 11) is 2.79. The minimum absolute atomic E-state index is 0. The van der Waals surface area contributed by atoms with Crippen LogP contribution in [0.2, 0.25) is 0 Å². The fourth-order valence-corrected chi connectivity index (χ4v) is 6.15. The lowest BCUT2D eigenvalue weighted by molar-refractivity contribution is -0.143. The van der Waals surface area contributed by atoms with E-state index in [-0.39, 0.29) is 61.9 Å². The van der Waals surface area contributed by atoms with Crippen LogP contribution < -0.4 is 10.1 Å². The molecule has 3 aromatic rings. The number of nitrogens with one attached hydrogen (secondary N) is 1. The summed E-state index contributed by atoms with van der Waals surface area (Å²) in [6.07, 6.45) is 0.629. The maximum Gasteiger partial charge on any atom is 0.433 e. The Bertz CT molecular complexity index is 1370. The summed E-state index contributed by atoms with van der Waals surface area (Å²) in [6, 6.07) is 9.83. The van der Waals surface area contributed by atoms with Crippen LogP contribution in [0.4, 0.5) is 13.2 Å². The molecule has 44 heavy (non-hydrogen) atoms. The normalized spacial score (nSPS) is 22.2. The lowest BCUT2D eigenvalue weighted by Crippen LogP contribution is -2.54. The first-order valence-electron chi connectivity index (χ1n) is 14.2. The second-order valence-electron chi connectivity index (χ2n) is 11.0. The Kier molecular flexibility index (Phi) is 12.1. The van der Waals surface area contributed by atoms with E-state index in [1.807, 2.05) is 34.9 Å². The lowest BCUT2D eigenvalue weighted by Gasteiger charge is -2.41. The van der Waals surface area contributed by atoms with Crippen molar-refractivity contribution in [1.82, 2.24) is 29.5 Å². The molecule has 1 aliphatic heterocycles. The van der Waals surface area contributed by atoms with Crippen LogP contribution in [0.1, 0.15) is 54.3 Å². The molecule has 1 saturated heterocycles. The third kappa shape index (κ3) is 7.51. The Labute approximate surface area is 266 Å². The standard InChI is InChI=1S/C29H37F3N6O4.2ClH/c1-36-23(29(30,31)32)16-24(35-36)42-15-11-21-17-33-13-14-37(21)27(39)25-26(20-8-4-3-5-9-20)38(19-34-25)22-10-6-7-12-28(22,40)18-41-2;;/h3-5,8-9,16,19,21-22,33,40H,6-7,10-15,17-18H2,1-2H3;2*1H/t21-,22-,28-;;/m1../s1. The molecule has 3 heterocycles. The van der Waals surface area contributed by atoms with Crippen molar-refractivity contribution in [3.05, 3.63) is 54.1 Å². The molecule has 244 valence electrons. The van der Waals surface area contributed by atoms with Gasteiger partial charge in [0.15, 0.2) is 5.69 Å². The fraction of sp³-hybridized carbons (Fsp3) is 0.552. The van der Waals surface area contributed by atoms with Crippen molar-refractivity contribution in [1.29, 1.82) is 0 Å². The molecule has 1 amide bonds. The number of rotatable bonds is 9. The van der Waals surface area contributed by atoms with Gasteiger partial charge in [-0.3, -0.25) is 9.48 Å². The van der Waals surface area contributed by atoms with Gasteiger partial charge in [0.05, 0.1) is 31.3 Å². The van der Waals surface area contributed by atoms with Crippen molar-refractivity contribution in [2.24, 2.45) is 7.05 Å². The van der Waals surface area contributed by atoms with E-state index in [0.717, 1.165) is 35.6 Å². The molecule has 0 radical (unpaired) electrons. The SMILES string of the molecule is COC[C@]1(O)CCCC[C@H]1n1cnc(C(=O)N2CCNC[C@H]2CCOc2cc(C(F)(F)F)n(C)n2)c1-c1ccccc1.Cl.Cl. The van der Waals surface area contributed by atoms with E-state index in [9.17, 15) is 23.1 Å². The summed E-state index contributed by atoms with van der Waals surface area (Å²) in [5, 5.41) is 18.7. The quantitative estimate of drug-likeness (QED) is 0.347. The van der Waals surface area contributed by atoms with Crippen LogP contribution in [0.25, 0.3) is 11.3 Å². The number of aryl methyl sites for hydroxylation is 1. The number of piperazine rings is 1. The number of aromatic nitrogens is 4. The Morgan fingerprint density at radius 3 is 2.64 bits per heavy atom. The number of hydrogen-bond donors (Lipinski definition) is 2. The van der Waals surface area contributed by atoms with Crippen molar-refractivity contribution in [3.63, 3.8) is 0 Å². The number of nitrogens with zero attached hydrogens (tertiary/aromatic N) is 5. The first-order valence-corrected chi connectivity index (χ1v) is 14.2. The van der Waals surface area contributed by atoms with Crippen molar-refractivity contribution in [3.8, 4) is 17.1 Å². The van der Waals surface area contributed by atoms with E-state index in [1.54, 1.807) is 18.3 Å². The highest BCUT2D eigenvalue weighted by molar-refractivity contribution is 5.98. The molecular formula is C29H39Cl2F3N6O4. The zero-order valence-electron chi connectivity index (χ0n) is 24.6. The summed E-state index contributed by atoms with van der Waals surface area (Å²) in [5.74, 6) is -0.366. The average Bonchev–Trinajstić information content (AvgIpc) is 3.57. The zero-order chi connectivity index (χ0) is 29.9. The molecule has 15 heteroatoms. The van der Waals surface area contributed by atoms with Crippen LogP contribution >= 0.6 is 24.8 Å². The maximum absolute atomic E-state index is 14.1. The average molecular weight is 664 g/mol. The summed E-state index contributed by atoms with van der Waals surface area (Å²) in [6.45, 7) is 1.78. The van der Waals surface area contributed by atoms with Crippen molar-refractivity contribution in [2.75, 3.05) is 40.0 Å². The number of benzene rings is 1. The molecule has 0 unspecified atom stereocenters. The molecule has 2 N–H and O–H groups in total. The van der Waals surface area contributed by atoms with Crippen molar-refractivity contribution < 1.29 is 32.5 Å². The number of alkyl halides is 3. The van der Waals surface area contributed by atoms with Crippen LogP contribution in [0, 0.1) is 0 Å². The van der Waals surface area contributed by atoms with Crippen LogP contribution in [0.3, 0.4) is 0 Å². The smallest absolute Gasteiger partial charge is 0.433 e. The van der Waals surface area contributed by atoms with Gasteiger partial charge in [0.1, 0.15) is 11.3 Å². The van der Waals surface area contributed by atoms with Crippen LogP contribution in [0.5, 0.6) is 5.88 Å². The number of halogens is 5. The molecule has 2 aliphatic rings. The van der Waals surface area contributed by atoms with Gasteiger partial charge in [0, 0.05) is 57.9 Å². The van der Waals surface area contributed by atoms with Gasteiger partial charge in [0.25, 0.3) is 5.91 Å². The predicted octanol–water partition coefficient (Wildman–Crippen LogP) is 4.52. The molecule has 1 aromatic carbocycles. The second-order valence-corrected chi connectivity index (χ2v) is 11.0. The summed E-state index contributed by atoms with van der Waals surface area (Å²) < 4.78 is 53.0. The van der Waals surface area contributed by atoms with Gasteiger partial charge in [-0.05, 0) is 12.8 Å². The monoisotopic (exact) mass is 662 g/mol. The Morgan fingerprint density at radius 1 is 1.20 bits per heavy atom. The molecule has 2 fully saturated rings. The van der Waals surface area contributed by atoms with Gasteiger partial charge in [0.2, 0.25) is 5.88 Å². The molecule has 1 aliphatic carbocycles. The Balaban J connectivity index is 0.00000264. The zero-order valence-corrected chi connectivity index (χ0v) is 26.3. The Morgan fingerprint density at radius 2 is 1.95 bits per heavy atom. The number of methoxy groups -OCH3 is 1.